The molecule has 3 nitrogen and oxygen atoms in total. The SMILES string of the molecule is CCn1ccc(-c2cccc(C)n2)n1. The van der Waals surface area contributed by atoms with Gasteiger partial charge in [0.2, 0.25) is 0 Å². The predicted molar refractivity (Wildman–Crippen MR) is 55.9 cm³/mol. The molecule has 0 unspecified atom stereocenters. The summed E-state index contributed by atoms with van der Waals surface area (Å²) in [4.78, 5) is 4.42. The van der Waals surface area contributed by atoms with Gasteiger partial charge < -0.3 is 0 Å². The third-order valence-corrected chi connectivity index (χ3v) is 2.12. The van der Waals surface area contributed by atoms with Crippen LogP contribution in [0, 0.1) is 6.92 Å². The second kappa shape index (κ2) is 3.62. The van der Waals surface area contributed by atoms with Crippen LogP contribution in [0.15, 0.2) is 30.5 Å². The molecule has 2 rings (SSSR count). The Kier molecular flexibility index (Phi) is 2.31. The summed E-state index contributed by atoms with van der Waals surface area (Å²) in [5.41, 5.74) is 2.90. The molecule has 3 heteroatoms. The van der Waals surface area contributed by atoms with Crippen LogP contribution >= 0.6 is 0 Å². The van der Waals surface area contributed by atoms with Gasteiger partial charge in [-0.15, -0.1) is 0 Å². The fraction of sp³-hybridized carbons (Fsp3) is 0.273. The van der Waals surface area contributed by atoms with Gasteiger partial charge in [0.1, 0.15) is 5.69 Å². The van der Waals surface area contributed by atoms with E-state index in [2.05, 4.69) is 17.0 Å². The van der Waals surface area contributed by atoms with Gasteiger partial charge >= 0.3 is 0 Å². The first-order valence-electron chi connectivity index (χ1n) is 4.77. The highest BCUT2D eigenvalue weighted by molar-refractivity contribution is 5.53. The van der Waals surface area contributed by atoms with Gasteiger partial charge in [0, 0.05) is 18.4 Å². The summed E-state index contributed by atoms with van der Waals surface area (Å²) < 4.78 is 1.90. The molecule has 0 aliphatic carbocycles. The molecule has 0 bridgehead atoms. The molecule has 0 saturated carbocycles. The zero-order valence-electron chi connectivity index (χ0n) is 8.44. The van der Waals surface area contributed by atoms with Crippen molar-refractivity contribution < 1.29 is 0 Å². The molecule has 0 aliphatic heterocycles. The fourth-order valence-electron chi connectivity index (χ4n) is 1.36. The van der Waals surface area contributed by atoms with E-state index < -0.39 is 0 Å². The maximum absolute atomic E-state index is 4.42. The van der Waals surface area contributed by atoms with Gasteiger partial charge in [-0.1, -0.05) is 6.07 Å². The van der Waals surface area contributed by atoms with E-state index in [9.17, 15) is 0 Å². The molecule has 2 aromatic heterocycles. The van der Waals surface area contributed by atoms with Crippen molar-refractivity contribution in [3.8, 4) is 11.4 Å². The highest BCUT2D eigenvalue weighted by Crippen LogP contribution is 2.13. The first kappa shape index (κ1) is 8.94. The average Bonchev–Trinajstić information content (AvgIpc) is 2.66. The molecule has 0 N–H and O–H groups in total. The zero-order valence-corrected chi connectivity index (χ0v) is 8.44. The van der Waals surface area contributed by atoms with Crippen LogP contribution in [0.4, 0.5) is 0 Å². The number of rotatable bonds is 2. The van der Waals surface area contributed by atoms with Crippen molar-refractivity contribution in [3.05, 3.63) is 36.2 Å². The lowest BCUT2D eigenvalue weighted by atomic mass is 10.2. The molecule has 14 heavy (non-hydrogen) atoms. The van der Waals surface area contributed by atoms with Crippen molar-refractivity contribution in [1.29, 1.82) is 0 Å². The second-order valence-corrected chi connectivity index (χ2v) is 3.22. The van der Waals surface area contributed by atoms with Crippen LogP contribution in [0.1, 0.15) is 12.6 Å². The van der Waals surface area contributed by atoms with Gasteiger partial charge in [-0.2, -0.15) is 5.10 Å². The summed E-state index contributed by atoms with van der Waals surface area (Å²) in [6.07, 6.45) is 1.97. The predicted octanol–water partition coefficient (Wildman–Crippen LogP) is 2.27. The number of aryl methyl sites for hydroxylation is 2. The monoisotopic (exact) mass is 187 g/mol. The van der Waals surface area contributed by atoms with Crippen molar-refractivity contribution in [2.24, 2.45) is 0 Å². The lowest BCUT2D eigenvalue weighted by Gasteiger charge is -1.97. The molecule has 0 fully saturated rings. The van der Waals surface area contributed by atoms with E-state index in [1.165, 1.54) is 0 Å². The van der Waals surface area contributed by atoms with E-state index in [1.54, 1.807) is 0 Å². The zero-order chi connectivity index (χ0) is 9.97. The fourth-order valence-corrected chi connectivity index (χ4v) is 1.36. The van der Waals surface area contributed by atoms with Crippen LogP contribution in [0.5, 0.6) is 0 Å². The Bertz CT molecular complexity index is 432. The van der Waals surface area contributed by atoms with Crippen LogP contribution < -0.4 is 0 Å². The van der Waals surface area contributed by atoms with Crippen molar-refractivity contribution in [2.75, 3.05) is 0 Å². The largest absolute Gasteiger partial charge is 0.272 e. The summed E-state index contributed by atoms with van der Waals surface area (Å²) in [6, 6.07) is 7.96. The van der Waals surface area contributed by atoms with Crippen LogP contribution in [0.25, 0.3) is 11.4 Å². The molecular formula is C11H13N3. The lowest BCUT2D eigenvalue weighted by Crippen LogP contribution is -1.94. The number of aromatic nitrogens is 3. The average molecular weight is 187 g/mol. The van der Waals surface area contributed by atoms with E-state index >= 15 is 0 Å². The third kappa shape index (κ3) is 1.66. The molecule has 0 atom stereocenters. The van der Waals surface area contributed by atoms with Gasteiger partial charge in [-0.05, 0) is 32.0 Å². The van der Waals surface area contributed by atoms with E-state index in [4.69, 9.17) is 0 Å². The molecule has 0 radical (unpaired) electrons. The van der Waals surface area contributed by atoms with Gasteiger partial charge in [0.15, 0.2) is 0 Å². The van der Waals surface area contributed by atoms with Gasteiger partial charge in [-0.3, -0.25) is 9.67 Å². The molecule has 0 spiro atoms. The number of pyridine rings is 1. The lowest BCUT2D eigenvalue weighted by molar-refractivity contribution is 0.661. The molecular weight excluding hydrogens is 174 g/mol. The second-order valence-electron chi connectivity index (χ2n) is 3.22. The van der Waals surface area contributed by atoms with E-state index in [0.29, 0.717) is 0 Å². The highest BCUT2D eigenvalue weighted by atomic mass is 15.3. The van der Waals surface area contributed by atoms with Crippen molar-refractivity contribution in [2.45, 2.75) is 20.4 Å². The Balaban J connectivity index is 2.39. The third-order valence-electron chi connectivity index (χ3n) is 2.12. The Morgan fingerprint density at radius 3 is 2.71 bits per heavy atom. The first-order valence-corrected chi connectivity index (χ1v) is 4.77. The van der Waals surface area contributed by atoms with E-state index in [0.717, 1.165) is 23.6 Å². The first-order chi connectivity index (χ1) is 6.79. The van der Waals surface area contributed by atoms with E-state index in [1.807, 2.05) is 42.1 Å². The smallest absolute Gasteiger partial charge is 0.111 e. The van der Waals surface area contributed by atoms with Gasteiger partial charge in [0.25, 0.3) is 0 Å². The standard InChI is InChI=1S/C11H13N3/c1-3-14-8-7-11(13-14)10-6-4-5-9(2)12-10/h4-8H,3H2,1-2H3. The Hall–Kier alpha value is -1.64. The minimum atomic E-state index is 0.895. The summed E-state index contributed by atoms with van der Waals surface area (Å²) in [5.74, 6) is 0. The topological polar surface area (TPSA) is 30.7 Å². The number of hydrogen-bond donors (Lipinski definition) is 0. The van der Waals surface area contributed by atoms with Crippen LogP contribution in [-0.2, 0) is 6.54 Å². The normalized spacial score (nSPS) is 10.4. The molecule has 0 aliphatic rings. The van der Waals surface area contributed by atoms with E-state index in [-0.39, 0.29) is 0 Å². The quantitative estimate of drug-likeness (QED) is 0.722. The summed E-state index contributed by atoms with van der Waals surface area (Å²) in [6.45, 7) is 4.95. The summed E-state index contributed by atoms with van der Waals surface area (Å²) >= 11 is 0. The summed E-state index contributed by atoms with van der Waals surface area (Å²) in [5, 5.41) is 4.39. The van der Waals surface area contributed by atoms with Crippen LogP contribution in [-0.4, -0.2) is 14.8 Å². The van der Waals surface area contributed by atoms with Crippen LogP contribution in [0.2, 0.25) is 0 Å². The molecule has 72 valence electrons. The maximum Gasteiger partial charge on any atom is 0.111 e. The van der Waals surface area contributed by atoms with Crippen LogP contribution in [0.3, 0.4) is 0 Å². The van der Waals surface area contributed by atoms with Gasteiger partial charge in [0.05, 0.1) is 5.69 Å². The van der Waals surface area contributed by atoms with Crippen molar-refractivity contribution in [3.63, 3.8) is 0 Å². The summed E-state index contributed by atoms with van der Waals surface area (Å²) in [7, 11) is 0. The maximum atomic E-state index is 4.42. The Morgan fingerprint density at radius 1 is 1.21 bits per heavy atom. The molecule has 0 amide bonds. The molecule has 2 heterocycles. The molecule has 0 aromatic carbocycles. The number of hydrogen-bond acceptors (Lipinski definition) is 2. The minimum absolute atomic E-state index is 0.895. The Labute approximate surface area is 83.4 Å². The van der Waals surface area contributed by atoms with Crippen molar-refractivity contribution in [1.82, 2.24) is 14.8 Å². The number of nitrogens with zero attached hydrogens (tertiary/aromatic N) is 3. The van der Waals surface area contributed by atoms with Crippen molar-refractivity contribution >= 4 is 0 Å². The molecule has 0 saturated heterocycles. The molecule has 2 aromatic rings. The highest BCUT2D eigenvalue weighted by Gasteiger charge is 2.02. The minimum Gasteiger partial charge on any atom is -0.272 e. The van der Waals surface area contributed by atoms with Gasteiger partial charge in [-0.25, -0.2) is 0 Å². The Morgan fingerprint density at radius 2 is 2.07 bits per heavy atom.